The third kappa shape index (κ3) is 4.48. The number of H-pyrrole nitrogens is 1. The summed E-state index contributed by atoms with van der Waals surface area (Å²) in [5.41, 5.74) is 7.34. The van der Waals surface area contributed by atoms with E-state index in [2.05, 4.69) is 10.2 Å². The molecule has 0 bridgehead atoms. The summed E-state index contributed by atoms with van der Waals surface area (Å²) in [6.07, 6.45) is 4.58. The van der Waals surface area contributed by atoms with E-state index < -0.39 is 0 Å². The maximum absolute atomic E-state index is 7.81. The van der Waals surface area contributed by atoms with Gasteiger partial charge in [-0.1, -0.05) is 0 Å². The summed E-state index contributed by atoms with van der Waals surface area (Å²) >= 11 is 0. The fraction of sp³-hybridized carbons (Fsp3) is 0.0526. The van der Waals surface area contributed by atoms with Gasteiger partial charge in [-0.25, -0.2) is 0 Å². The van der Waals surface area contributed by atoms with Crippen LogP contribution in [0.15, 0.2) is 73.1 Å². The Kier molecular flexibility index (Phi) is 5.11. The van der Waals surface area contributed by atoms with Gasteiger partial charge in [0, 0.05) is 6.20 Å². The second-order valence-corrected chi connectivity index (χ2v) is 5.24. The summed E-state index contributed by atoms with van der Waals surface area (Å²) in [6.45, 7) is 0.435. The van der Waals surface area contributed by atoms with Crippen molar-refractivity contribution in [1.82, 2.24) is 10.2 Å². The van der Waals surface area contributed by atoms with Gasteiger partial charge in [0.05, 0.1) is 11.4 Å². The number of aromatic nitrogens is 2. The Morgan fingerprint density at radius 1 is 1.00 bits per heavy atom. The SMILES string of the molecule is N=C(C=CN)c1ccc(Oc2ccc(OCc3ccn[nH]3)cc2)cc1. The number of nitrogens with two attached hydrogens (primary N) is 1. The average Bonchev–Trinajstić information content (AvgIpc) is 3.15. The number of hydrogen-bond donors (Lipinski definition) is 3. The minimum atomic E-state index is 0.354. The van der Waals surface area contributed by atoms with Crippen LogP contribution in [0, 0.1) is 5.41 Å². The van der Waals surface area contributed by atoms with Crippen molar-refractivity contribution in [3.63, 3.8) is 0 Å². The highest BCUT2D eigenvalue weighted by Crippen LogP contribution is 2.24. The lowest BCUT2D eigenvalue weighted by molar-refractivity contribution is 0.300. The molecule has 0 fully saturated rings. The van der Waals surface area contributed by atoms with Crippen molar-refractivity contribution in [3.05, 3.63) is 84.3 Å². The Labute approximate surface area is 145 Å². The smallest absolute Gasteiger partial charge is 0.130 e. The van der Waals surface area contributed by atoms with Gasteiger partial charge in [0.15, 0.2) is 0 Å². The highest BCUT2D eigenvalue weighted by atomic mass is 16.5. The van der Waals surface area contributed by atoms with Crippen LogP contribution < -0.4 is 15.2 Å². The maximum atomic E-state index is 7.81. The topological polar surface area (TPSA) is 97.0 Å². The molecule has 0 saturated heterocycles. The standard InChI is InChI=1S/C19H18N4O2/c20-11-9-19(21)14-1-3-17(4-2-14)25-18-7-5-16(6-8-18)24-13-15-10-12-22-23-15/h1-12,21H,13,20H2,(H,22,23). The highest BCUT2D eigenvalue weighted by Gasteiger charge is 2.02. The van der Waals surface area contributed by atoms with Crippen LogP contribution in [0.4, 0.5) is 0 Å². The molecule has 0 amide bonds. The van der Waals surface area contributed by atoms with E-state index in [4.69, 9.17) is 20.6 Å². The van der Waals surface area contributed by atoms with Gasteiger partial charge in [0.25, 0.3) is 0 Å². The zero-order chi connectivity index (χ0) is 17.5. The van der Waals surface area contributed by atoms with E-state index in [-0.39, 0.29) is 0 Å². The molecule has 4 N–H and O–H groups in total. The number of nitrogens with zero attached hydrogens (tertiary/aromatic N) is 1. The van der Waals surface area contributed by atoms with E-state index in [9.17, 15) is 0 Å². The number of ether oxygens (including phenoxy) is 2. The third-order valence-corrected chi connectivity index (χ3v) is 3.44. The first-order valence-electron chi connectivity index (χ1n) is 7.71. The summed E-state index contributed by atoms with van der Waals surface area (Å²) in [7, 11) is 0. The Morgan fingerprint density at radius 3 is 2.24 bits per heavy atom. The molecule has 0 unspecified atom stereocenters. The maximum Gasteiger partial charge on any atom is 0.130 e. The van der Waals surface area contributed by atoms with E-state index in [1.165, 1.54) is 12.3 Å². The molecule has 25 heavy (non-hydrogen) atoms. The molecule has 6 heteroatoms. The molecule has 0 aliphatic rings. The van der Waals surface area contributed by atoms with Crippen molar-refractivity contribution in [2.75, 3.05) is 0 Å². The van der Waals surface area contributed by atoms with E-state index >= 15 is 0 Å². The Hall–Kier alpha value is -3.54. The van der Waals surface area contributed by atoms with Crippen LogP contribution in [0.2, 0.25) is 0 Å². The lowest BCUT2D eigenvalue weighted by Gasteiger charge is -2.08. The first kappa shape index (κ1) is 16.3. The summed E-state index contributed by atoms with van der Waals surface area (Å²) in [6, 6.07) is 16.5. The van der Waals surface area contributed by atoms with Crippen molar-refractivity contribution in [2.45, 2.75) is 6.61 Å². The normalized spacial score (nSPS) is 10.7. The number of benzene rings is 2. The Bertz CT molecular complexity index is 838. The summed E-state index contributed by atoms with van der Waals surface area (Å²) in [4.78, 5) is 0. The third-order valence-electron chi connectivity index (χ3n) is 3.44. The molecule has 0 aliphatic carbocycles. The van der Waals surface area contributed by atoms with E-state index in [1.807, 2.05) is 54.6 Å². The average molecular weight is 334 g/mol. The van der Waals surface area contributed by atoms with Crippen molar-refractivity contribution < 1.29 is 9.47 Å². The first-order chi connectivity index (χ1) is 12.2. The van der Waals surface area contributed by atoms with Gasteiger partial charge in [0.1, 0.15) is 23.9 Å². The molecule has 0 spiro atoms. The highest BCUT2D eigenvalue weighted by molar-refractivity contribution is 6.06. The number of allylic oxidation sites excluding steroid dienone is 1. The molecule has 1 aromatic heterocycles. The lowest BCUT2D eigenvalue weighted by atomic mass is 10.1. The number of hydrogen-bond acceptors (Lipinski definition) is 5. The van der Waals surface area contributed by atoms with Crippen LogP contribution in [-0.2, 0) is 6.61 Å². The molecule has 3 aromatic rings. The minimum Gasteiger partial charge on any atom is -0.487 e. The second kappa shape index (κ2) is 7.83. The first-order valence-corrected chi connectivity index (χ1v) is 7.71. The van der Waals surface area contributed by atoms with Crippen molar-refractivity contribution in [2.24, 2.45) is 5.73 Å². The Morgan fingerprint density at radius 2 is 1.64 bits per heavy atom. The van der Waals surface area contributed by atoms with Crippen LogP contribution in [0.5, 0.6) is 17.2 Å². The molecule has 126 valence electrons. The monoisotopic (exact) mass is 334 g/mol. The van der Waals surface area contributed by atoms with Crippen LogP contribution in [0.3, 0.4) is 0 Å². The zero-order valence-electron chi connectivity index (χ0n) is 13.5. The van der Waals surface area contributed by atoms with Crippen molar-refractivity contribution in [1.29, 1.82) is 5.41 Å². The molecule has 2 aromatic carbocycles. The van der Waals surface area contributed by atoms with Crippen LogP contribution in [-0.4, -0.2) is 15.9 Å². The molecular weight excluding hydrogens is 316 g/mol. The van der Waals surface area contributed by atoms with E-state index in [1.54, 1.807) is 6.20 Å². The molecule has 1 heterocycles. The molecule has 3 rings (SSSR count). The fourth-order valence-corrected chi connectivity index (χ4v) is 2.16. The van der Waals surface area contributed by atoms with E-state index in [0.717, 1.165) is 17.0 Å². The molecular formula is C19H18N4O2. The second-order valence-electron chi connectivity index (χ2n) is 5.24. The predicted octanol–water partition coefficient (Wildman–Crippen LogP) is 3.62. The summed E-state index contributed by atoms with van der Waals surface area (Å²) in [5, 5.41) is 14.5. The van der Waals surface area contributed by atoms with Gasteiger partial charge in [-0.05, 0) is 72.4 Å². The molecule has 0 aliphatic heterocycles. The predicted molar refractivity (Wildman–Crippen MR) is 96.0 cm³/mol. The molecule has 0 atom stereocenters. The lowest BCUT2D eigenvalue weighted by Crippen LogP contribution is -1.96. The van der Waals surface area contributed by atoms with E-state index in [0.29, 0.717) is 23.8 Å². The van der Waals surface area contributed by atoms with Crippen molar-refractivity contribution >= 4 is 5.71 Å². The Balaban J connectivity index is 1.58. The molecule has 6 nitrogen and oxygen atoms in total. The van der Waals surface area contributed by atoms with Crippen LogP contribution in [0.25, 0.3) is 0 Å². The van der Waals surface area contributed by atoms with Gasteiger partial charge >= 0.3 is 0 Å². The quantitative estimate of drug-likeness (QED) is 0.575. The molecule has 0 radical (unpaired) electrons. The van der Waals surface area contributed by atoms with Gasteiger partial charge in [0.2, 0.25) is 0 Å². The largest absolute Gasteiger partial charge is 0.487 e. The van der Waals surface area contributed by atoms with Crippen molar-refractivity contribution in [3.8, 4) is 17.2 Å². The number of nitrogens with one attached hydrogen (secondary N) is 2. The van der Waals surface area contributed by atoms with Gasteiger partial charge < -0.3 is 20.6 Å². The summed E-state index contributed by atoms with van der Waals surface area (Å²) in [5.74, 6) is 2.15. The van der Waals surface area contributed by atoms with Gasteiger partial charge in [-0.2, -0.15) is 5.10 Å². The number of aromatic amines is 1. The van der Waals surface area contributed by atoms with Gasteiger partial charge in [-0.3, -0.25) is 5.10 Å². The molecule has 0 saturated carbocycles. The van der Waals surface area contributed by atoms with Gasteiger partial charge in [-0.15, -0.1) is 0 Å². The number of rotatable bonds is 7. The van der Waals surface area contributed by atoms with Crippen LogP contribution >= 0.6 is 0 Å². The minimum absolute atomic E-state index is 0.354. The van der Waals surface area contributed by atoms with Crippen LogP contribution in [0.1, 0.15) is 11.3 Å². The zero-order valence-corrected chi connectivity index (χ0v) is 13.5. The fourth-order valence-electron chi connectivity index (χ4n) is 2.16. The summed E-state index contributed by atoms with van der Waals surface area (Å²) < 4.78 is 11.4.